The molecule has 1 aliphatic carbocycles. The molecule has 0 radical (unpaired) electrons. The quantitative estimate of drug-likeness (QED) is 0.764. The molecule has 1 aliphatic rings. The number of nitrogens with zero attached hydrogens (tertiary/aromatic N) is 2. The Labute approximate surface area is 111 Å². The van der Waals surface area contributed by atoms with Crippen LogP contribution in [0.2, 0.25) is 0 Å². The molecule has 0 atom stereocenters. The summed E-state index contributed by atoms with van der Waals surface area (Å²) in [4.78, 5) is 8.98. The third-order valence-corrected chi connectivity index (χ3v) is 4.21. The van der Waals surface area contributed by atoms with Gasteiger partial charge in [-0.25, -0.2) is 9.97 Å². The van der Waals surface area contributed by atoms with E-state index >= 15 is 0 Å². The van der Waals surface area contributed by atoms with Crippen LogP contribution in [0.3, 0.4) is 0 Å². The van der Waals surface area contributed by atoms with Crippen molar-refractivity contribution >= 4 is 0 Å². The highest BCUT2D eigenvalue weighted by Gasteiger charge is 2.22. The first-order valence-corrected chi connectivity index (χ1v) is 7.64. The Morgan fingerprint density at radius 2 is 1.67 bits per heavy atom. The standard InChI is InChI=1S/C16H26N2/c1-3-5-13-7-9-14(10-8-13)15-11-17-16(6-4-2)18-12-15/h11-14H,3-10H2,1-2H3/t13-,14-. The number of hydrogen-bond acceptors (Lipinski definition) is 2. The average molecular weight is 246 g/mol. The van der Waals surface area contributed by atoms with Gasteiger partial charge in [-0.2, -0.15) is 0 Å². The van der Waals surface area contributed by atoms with Gasteiger partial charge in [-0.15, -0.1) is 0 Å². The van der Waals surface area contributed by atoms with Crippen molar-refractivity contribution in [1.82, 2.24) is 9.97 Å². The fraction of sp³-hybridized carbons (Fsp3) is 0.750. The van der Waals surface area contributed by atoms with Gasteiger partial charge in [0.05, 0.1) is 0 Å². The maximum atomic E-state index is 4.49. The molecular formula is C16H26N2. The zero-order chi connectivity index (χ0) is 12.8. The van der Waals surface area contributed by atoms with Crippen LogP contribution in [-0.4, -0.2) is 9.97 Å². The molecular weight excluding hydrogens is 220 g/mol. The van der Waals surface area contributed by atoms with Crippen molar-refractivity contribution in [2.75, 3.05) is 0 Å². The molecule has 0 saturated heterocycles. The molecule has 0 amide bonds. The summed E-state index contributed by atoms with van der Waals surface area (Å²) in [5.74, 6) is 2.70. The molecule has 1 fully saturated rings. The Kier molecular flexibility index (Phi) is 5.15. The van der Waals surface area contributed by atoms with Crippen molar-refractivity contribution in [3.63, 3.8) is 0 Å². The van der Waals surface area contributed by atoms with Crippen LogP contribution < -0.4 is 0 Å². The SMILES string of the molecule is CCCc1ncc([C@H]2CC[C@H](CCC)CC2)cn1. The molecule has 0 aromatic carbocycles. The third kappa shape index (κ3) is 3.54. The molecule has 0 aliphatic heterocycles. The van der Waals surface area contributed by atoms with Gasteiger partial charge < -0.3 is 0 Å². The van der Waals surface area contributed by atoms with E-state index in [4.69, 9.17) is 0 Å². The van der Waals surface area contributed by atoms with E-state index < -0.39 is 0 Å². The molecule has 0 spiro atoms. The molecule has 1 saturated carbocycles. The smallest absolute Gasteiger partial charge is 0.128 e. The number of hydrogen-bond donors (Lipinski definition) is 0. The van der Waals surface area contributed by atoms with Gasteiger partial charge in [0, 0.05) is 18.8 Å². The van der Waals surface area contributed by atoms with Gasteiger partial charge in [0.2, 0.25) is 0 Å². The van der Waals surface area contributed by atoms with Crippen LogP contribution in [0.15, 0.2) is 12.4 Å². The summed E-state index contributed by atoms with van der Waals surface area (Å²) in [5, 5.41) is 0. The minimum Gasteiger partial charge on any atom is -0.241 e. The first kappa shape index (κ1) is 13.5. The lowest BCUT2D eigenvalue weighted by Crippen LogP contribution is -2.13. The van der Waals surface area contributed by atoms with E-state index in [1.807, 2.05) is 0 Å². The Morgan fingerprint density at radius 1 is 1.00 bits per heavy atom. The van der Waals surface area contributed by atoms with Crippen LogP contribution in [0.25, 0.3) is 0 Å². The highest BCUT2D eigenvalue weighted by molar-refractivity contribution is 5.12. The Hall–Kier alpha value is -0.920. The molecule has 2 heteroatoms. The molecule has 2 rings (SSSR count). The summed E-state index contributed by atoms with van der Waals surface area (Å²) < 4.78 is 0. The van der Waals surface area contributed by atoms with Gasteiger partial charge in [-0.05, 0) is 49.5 Å². The lowest BCUT2D eigenvalue weighted by Gasteiger charge is -2.28. The van der Waals surface area contributed by atoms with Crippen LogP contribution in [0.4, 0.5) is 0 Å². The van der Waals surface area contributed by atoms with Gasteiger partial charge in [-0.1, -0.05) is 26.7 Å². The van der Waals surface area contributed by atoms with Gasteiger partial charge in [-0.3, -0.25) is 0 Å². The lowest BCUT2D eigenvalue weighted by atomic mass is 9.78. The van der Waals surface area contributed by atoms with Gasteiger partial charge in [0.25, 0.3) is 0 Å². The van der Waals surface area contributed by atoms with E-state index in [2.05, 4.69) is 36.2 Å². The normalized spacial score (nSPS) is 24.1. The molecule has 1 aromatic rings. The van der Waals surface area contributed by atoms with E-state index in [9.17, 15) is 0 Å². The highest BCUT2D eigenvalue weighted by atomic mass is 14.9. The Morgan fingerprint density at radius 3 is 2.22 bits per heavy atom. The van der Waals surface area contributed by atoms with Crippen molar-refractivity contribution in [3.8, 4) is 0 Å². The van der Waals surface area contributed by atoms with Crippen molar-refractivity contribution in [2.45, 2.75) is 71.1 Å². The van der Waals surface area contributed by atoms with E-state index in [1.54, 1.807) is 0 Å². The maximum absolute atomic E-state index is 4.49. The van der Waals surface area contributed by atoms with E-state index in [-0.39, 0.29) is 0 Å². The number of rotatable bonds is 5. The molecule has 0 unspecified atom stereocenters. The van der Waals surface area contributed by atoms with Crippen LogP contribution in [0.1, 0.15) is 76.1 Å². The van der Waals surface area contributed by atoms with Crippen molar-refractivity contribution in [3.05, 3.63) is 23.8 Å². The first-order valence-electron chi connectivity index (χ1n) is 7.64. The predicted octanol–water partition coefficient (Wildman–Crippen LogP) is 4.50. The molecule has 0 N–H and O–H groups in total. The summed E-state index contributed by atoms with van der Waals surface area (Å²) in [7, 11) is 0. The Balaban J connectivity index is 1.89. The van der Waals surface area contributed by atoms with Crippen molar-refractivity contribution in [2.24, 2.45) is 5.92 Å². The number of aryl methyl sites for hydroxylation is 1. The summed E-state index contributed by atoms with van der Waals surface area (Å²) >= 11 is 0. The second-order valence-electron chi connectivity index (χ2n) is 5.69. The van der Waals surface area contributed by atoms with E-state index in [0.29, 0.717) is 5.92 Å². The van der Waals surface area contributed by atoms with Crippen molar-refractivity contribution < 1.29 is 0 Å². The zero-order valence-corrected chi connectivity index (χ0v) is 11.9. The average Bonchev–Trinajstić information content (AvgIpc) is 2.41. The van der Waals surface area contributed by atoms with Crippen LogP contribution in [-0.2, 0) is 6.42 Å². The Bertz CT molecular complexity index is 337. The minimum absolute atomic E-state index is 0.716. The second kappa shape index (κ2) is 6.86. The molecule has 2 nitrogen and oxygen atoms in total. The second-order valence-corrected chi connectivity index (χ2v) is 5.69. The van der Waals surface area contributed by atoms with Crippen molar-refractivity contribution in [1.29, 1.82) is 0 Å². The third-order valence-electron chi connectivity index (χ3n) is 4.21. The monoisotopic (exact) mass is 246 g/mol. The van der Waals surface area contributed by atoms with Gasteiger partial charge in [0.15, 0.2) is 0 Å². The summed E-state index contributed by atoms with van der Waals surface area (Å²) in [5.41, 5.74) is 1.37. The maximum Gasteiger partial charge on any atom is 0.128 e. The molecule has 0 bridgehead atoms. The molecule has 1 aromatic heterocycles. The lowest BCUT2D eigenvalue weighted by molar-refractivity contribution is 0.307. The molecule has 100 valence electrons. The van der Waals surface area contributed by atoms with E-state index in [1.165, 1.54) is 44.1 Å². The fourth-order valence-electron chi connectivity index (χ4n) is 3.12. The highest BCUT2D eigenvalue weighted by Crippen LogP contribution is 2.36. The zero-order valence-electron chi connectivity index (χ0n) is 11.9. The first-order chi connectivity index (χ1) is 8.83. The molecule has 18 heavy (non-hydrogen) atoms. The largest absolute Gasteiger partial charge is 0.241 e. The summed E-state index contributed by atoms with van der Waals surface area (Å²) in [6.07, 6.45) is 14.5. The predicted molar refractivity (Wildman–Crippen MR) is 75.6 cm³/mol. The van der Waals surface area contributed by atoms with Gasteiger partial charge >= 0.3 is 0 Å². The van der Waals surface area contributed by atoms with Crippen LogP contribution in [0, 0.1) is 5.92 Å². The summed E-state index contributed by atoms with van der Waals surface area (Å²) in [6, 6.07) is 0. The van der Waals surface area contributed by atoms with E-state index in [0.717, 1.165) is 24.6 Å². The molecule has 1 heterocycles. The van der Waals surface area contributed by atoms with Gasteiger partial charge in [0.1, 0.15) is 5.82 Å². The minimum atomic E-state index is 0.716. The van der Waals surface area contributed by atoms with Crippen LogP contribution >= 0.6 is 0 Å². The fourth-order valence-corrected chi connectivity index (χ4v) is 3.12. The summed E-state index contributed by atoms with van der Waals surface area (Å²) in [6.45, 7) is 4.47. The van der Waals surface area contributed by atoms with Crippen LogP contribution in [0.5, 0.6) is 0 Å². The topological polar surface area (TPSA) is 25.8 Å². The number of aromatic nitrogens is 2.